The number of aromatic nitrogens is 3. The van der Waals surface area contributed by atoms with Gasteiger partial charge in [-0.15, -0.1) is 5.10 Å². The van der Waals surface area contributed by atoms with Crippen LogP contribution in [-0.4, -0.2) is 21.7 Å². The quantitative estimate of drug-likeness (QED) is 0.880. The van der Waals surface area contributed by atoms with Crippen LogP contribution in [0, 0.1) is 12.8 Å². The van der Waals surface area contributed by atoms with Gasteiger partial charge < -0.3 is 10.6 Å². The van der Waals surface area contributed by atoms with Crippen molar-refractivity contribution in [3.05, 3.63) is 35.0 Å². The molecular weight excluding hydrogens is 274 g/mol. The molecule has 0 spiro atoms. The van der Waals surface area contributed by atoms with Crippen LogP contribution in [0.5, 0.6) is 0 Å². The van der Waals surface area contributed by atoms with Gasteiger partial charge in [0.1, 0.15) is 0 Å². The summed E-state index contributed by atoms with van der Waals surface area (Å²) in [5.74, 6) is 1.67. The van der Waals surface area contributed by atoms with E-state index < -0.39 is 0 Å². The first-order valence-electron chi connectivity index (χ1n) is 6.51. The van der Waals surface area contributed by atoms with Crippen LogP contribution < -0.4 is 10.6 Å². The number of benzene rings is 1. The standard InChI is InChI=1S/C14H18ClN5/c1-9(2)7-16-14-19-13(8-17-20-14)18-11-5-4-10(3)12(15)6-11/h4-6,8-9H,7H2,1-3H3,(H2,16,18,19,20). The van der Waals surface area contributed by atoms with Crippen molar-refractivity contribution in [3.63, 3.8) is 0 Å². The highest BCUT2D eigenvalue weighted by Gasteiger charge is 2.03. The summed E-state index contributed by atoms with van der Waals surface area (Å²) in [5.41, 5.74) is 1.91. The number of anilines is 3. The molecule has 0 saturated heterocycles. The fourth-order valence-electron chi connectivity index (χ4n) is 1.55. The number of halogens is 1. The second kappa shape index (κ2) is 6.52. The van der Waals surface area contributed by atoms with Crippen molar-refractivity contribution in [1.29, 1.82) is 0 Å². The molecule has 0 aliphatic carbocycles. The summed E-state index contributed by atoms with van der Waals surface area (Å²) >= 11 is 6.10. The molecule has 2 aromatic rings. The van der Waals surface area contributed by atoms with Gasteiger partial charge in [0.2, 0.25) is 5.95 Å². The molecule has 2 N–H and O–H groups in total. The van der Waals surface area contributed by atoms with Crippen LogP contribution in [0.1, 0.15) is 19.4 Å². The lowest BCUT2D eigenvalue weighted by atomic mass is 10.2. The van der Waals surface area contributed by atoms with Crippen molar-refractivity contribution in [2.24, 2.45) is 5.92 Å². The zero-order valence-corrected chi connectivity index (χ0v) is 12.6. The van der Waals surface area contributed by atoms with Gasteiger partial charge in [0.05, 0.1) is 6.20 Å². The number of aryl methyl sites for hydroxylation is 1. The number of nitrogens with zero attached hydrogens (tertiary/aromatic N) is 3. The molecule has 0 aliphatic heterocycles. The van der Waals surface area contributed by atoms with Gasteiger partial charge in [-0.25, -0.2) is 0 Å². The van der Waals surface area contributed by atoms with Gasteiger partial charge in [-0.1, -0.05) is 31.5 Å². The lowest BCUT2D eigenvalue weighted by molar-refractivity contribution is 0.682. The second-order valence-electron chi connectivity index (χ2n) is 5.03. The lowest BCUT2D eigenvalue weighted by Crippen LogP contribution is -2.11. The zero-order chi connectivity index (χ0) is 14.5. The molecule has 0 bridgehead atoms. The molecular formula is C14H18ClN5. The van der Waals surface area contributed by atoms with E-state index >= 15 is 0 Å². The summed E-state index contributed by atoms with van der Waals surface area (Å²) in [6.45, 7) is 7.02. The number of hydrogen-bond donors (Lipinski definition) is 2. The van der Waals surface area contributed by atoms with Crippen molar-refractivity contribution in [3.8, 4) is 0 Å². The van der Waals surface area contributed by atoms with Gasteiger partial charge >= 0.3 is 0 Å². The fourth-order valence-corrected chi connectivity index (χ4v) is 1.73. The SMILES string of the molecule is Cc1ccc(Nc2cnnc(NCC(C)C)n2)cc1Cl. The van der Waals surface area contributed by atoms with Gasteiger partial charge in [0.25, 0.3) is 0 Å². The van der Waals surface area contributed by atoms with Crippen molar-refractivity contribution < 1.29 is 0 Å². The van der Waals surface area contributed by atoms with E-state index in [9.17, 15) is 0 Å². The first kappa shape index (κ1) is 14.5. The molecule has 0 amide bonds. The molecule has 2 rings (SSSR count). The molecule has 1 aromatic heterocycles. The Morgan fingerprint density at radius 3 is 2.80 bits per heavy atom. The first-order chi connectivity index (χ1) is 9.54. The molecule has 106 valence electrons. The molecule has 1 aromatic carbocycles. The van der Waals surface area contributed by atoms with Gasteiger partial charge in [0.15, 0.2) is 5.82 Å². The van der Waals surface area contributed by atoms with Crippen LogP contribution in [-0.2, 0) is 0 Å². The van der Waals surface area contributed by atoms with Crippen LogP contribution in [0.2, 0.25) is 5.02 Å². The fraction of sp³-hybridized carbons (Fsp3) is 0.357. The van der Waals surface area contributed by atoms with Gasteiger partial charge in [-0.3, -0.25) is 0 Å². The van der Waals surface area contributed by atoms with Gasteiger partial charge in [-0.05, 0) is 30.5 Å². The normalized spacial score (nSPS) is 10.7. The topological polar surface area (TPSA) is 62.7 Å². The minimum Gasteiger partial charge on any atom is -0.353 e. The van der Waals surface area contributed by atoms with Crippen LogP contribution in [0.3, 0.4) is 0 Å². The van der Waals surface area contributed by atoms with E-state index in [1.165, 1.54) is 0 Å². The predicted molar refractivity (Wildman–Crippen MR) is 82.6 cm³/mol. The average molecular weight is 292 g/mol. The minimum atomic E-state index is 0.516. The minimum absolute atomic E-state index is 0.516. The lowest BCUT2D eigenvalue weighted by Gasteiger charge is -2.09. The average Bonchev–Trinajstić information content (AvgIpc) is 2.41. The number of rotatable bonds is 5. The Labute approximate surface area is 123 Å². The number of hydrogen-bond acceptors (Lipinski definition) is 5. The van der Waals surface area contributed by atoms with Crippen LogP contribution in [0.25, 0.3) is 0 Å². The second-order valence-corrected chi connectivity index (χ2v) is 5.44. The van der Waals surface area contributed by atoms with E-state index in [4.69, 9.17) is 11.6 Å². The molecule has 0 fully saturated rings. The predicted octanol–water partition coefficient (Wildman–Crippen LogP) is 3.64. The Hall–Kier alpha value is -1.88. The molecule has 5 nitrogen and oxygen atoms in total. The van der Waals surface area contributed by atoms with E-state index in [1.54, 1.807) is 6.20 Å². The van der Waals surface area contributed by atoms with E-state index in [1.807, 2.05) is 25.1 Å². The third kappa shape index (κ3) is 4.06. The molecule has 0 atom stereocenters. The van der Waals surface area contributed by atoms with Crippen molar-refractivity contribution in [1.82, 2.24) is 15.2 Å². The maximum atomic E-state index is 6.10. The summed E-state index contributed by atoms with van der Waals surface area (Å²) in [5, 5.41) is 14.9. The number of nitrogens with one attached hydrogen (secondary N) is 2. The third-order valence-corrected chi connectivity index (χ3v) is 3.08. The van der Waals surface area contributed by atoms with Gasteiger partial charge in [-0.2, -0.15) is 10.1 Å². The molecule has 20 heavy (non-hydrogen) atoms. The molecule has 0 aliphatic rings. The Kier molecular flexibility index (Phi) is 4.74. The molecule has 0 unspecified atom stereocenters. The Bertz CT molecular complexity index is 586. The van der Waals surface area contributed by atoms with Crippen molar-refractivity contribution in [2.45, 2.75) is 20.8 Å². The first-order valence-corrected chi connectivity index (χ1v) is 6.89. The smallest absolute Gasteiger partial charge is 0.244 e. The summed E-state index contributed by atoms with van der Waals surface area (Å²) in [7, 11) is 0. The summed E-state index contributed by atoms with van der Waals surface area (Å²) in [6, 6.07) is 5.77. The summed E-state index contributed by atoms with van der Waals surface area (Å²) < 4.78 is 0. The van der Waals surface area contributed by atoms with Gasteiger partial charge in [0, 0.05) is 17.3 Å². The Morgan fingerprint density at radius 2 is 2.10 bits per heavy atom. The van der Waals surface area contributed by atoms with Crippen LogP contribution >= 0.6 is 11.6 Å². The summed E-state index contributed by atoms with van der Waals surface area (Å²) in [6.07, 6.45) is 1.58. The van der Waals surface area contributed by atoms with Crippen LogP contribution in [0.4, 0.5) is 17.5 Å². The van der Waals surface area contributed by atoms with Crippen molar-refractivity contribution >= 4 is 29.1 Å². The van der Waals surface area contributed by atoms with Crippen LogP contribution in [0.15, 0.2) is 24.4 Å². The highest BCUT2D eigenvalue weighted by atomic mass is 35.5. The highest BCUT2D eigenvalue weighted by Crippen LogP contribution is 2.22. The largest absolute Gasteiger partial charge is 0.353 e. The Balaban J connectivity index is 2.08. The maximum absolute atomic E-state index is 6.10. The van der Waals surface area contributed by atoms with Crippen molar-refractivity contribution in [2.75, 3.05) is 17.2 Å². The summed E-state index contributed by atoms with van der Waals surface area (Å²) in [4.78, 5) is 4.35. The highest BCUT2D eigenvalue weighted by molar-refractivity contribution is 6.31. The Morgan fingerprint density at radius 1 is 1.30 bits per heavy atom. The third-order valence-electron chi connectivity index (χ3n) is 2.67. The maximum Gasteiger partial charge on any atom is 0.244 e. The zero-order valence-electron chi connectivity index (χ0n) is 11.8. The monoisotopic (exact) mass is 291 g/mol. The molecule has 0 saturated carbocycles. The van der Waals surface area contributed by atoms with E-state index in [0.29, 0.717) is 17.7 Å². The van der Waals surface area contributed by atoms with E-state index in [0.717, 1.165) is 22.8 Å². The van der Waals surface area contributed by atoms with E-state index in [-0.39, 0.29) is 0 Å². The molecule has 0 radical (unpaired) electrons. The molecule has 6 heteroatoms. The molecule has 1 heterocycles. The van der Waals surface area contributed by atoms with E-state index in [2.05, 4.69) is 39.7 Å².